The van der Waals surface area contributed by atoms with Crippen LogP contribution in [-0.4, -0.2) is 29.3 Å². The zero-order chi connectivity index (χ0) is 18.2. The van der Waals surface area contributed by atoms with E-state index >= 15 is 0 Å². The van der Waals surface area contributed by atoms with Crippen LogP contribution < -0.4 is 18.0 Å². The van der Waals surface area contributed by atoms with Crippen LogP contribution in [0.4, 0.5) is 13.2 Å². The van der Waals surface area contributed by atoms with Crippen molar-refractivity contribution in [2.75, 3.05) is 6.54 Å². The van der Waals surface area contributed by atoms with Crippen LogP contribution in [0.2, 0.25) is 0 Å². The summed E-state index contributed by atoms with van der Waals surface area (Å²) >= 11 is 0. The normalized spacial score (nSPS) is 14.3. The molecule has 0 spiro atoms. The molecule has 1 heterocycles. The molecule has 3 rings (SSSR count). The summed E-state index contributed by atoms with van der Waals surface area (Å²) in [4.78, 5) is 25.6. The Hall–Kier alpha value is -2.75. The van der Waals surface area contributed by atoms with E-state index in [0.29, 0.717) is 0 Å². The topological polar surface area (TPSA) is 133 Å². The molecule has 0 fully saturated rings. The predicted molar refractivity (Wildman–Crippen MR) is 95.0 cm³/mol. The van der Waals surface area contributed by atoms with Gasteiger partial charge in [0.05, 0.1) is 16.7 Å². The van der Waals surface area contributed by atoms with E-state index in [2.05, 4.69) is 0 Å². The number of carbonyl (C=O) groups is 2. The van der Waals surface area contributed by atoms with E-state index in [9.17, 15) is 22.8 Å². The number of imide groups is 1. The fraction of sp³-hybridized carbons (Fsp3) is 0.222. The molecule has 0 saturated carbocycles. The van der Waals surface area contributed by atoms with E-state index < -0.39 is 29.6 Å². The highest BCUT2D eigenvalue weighted by Crippen LogP contribution is 2.32. The third kappa shape index (κ3) is 4.33. The minimum absolute atomic E-state index is 0. The molecule has 0 aliphatic carbocycles. The van der Waals surface area contributed by atoms with Crippen LogP contribution in [-0.2, 0) is 12.6 Å². The fourth-order valence-corrected chi connectivity index (χ4v) is 2.96. The number of hydrogen-bond acceptors (Lipinski definition) is 5. The van der Waals surface area contributed by atoms with Gasteiger partial charge in [-0.15, -0.1) is 0 Å². The number of amides is 2. The van der Waals surface area contributed by atoms with Crippen molar-refractivity contribution in [3.63, 3.8) is 0 Å². The maximum absolute atomic E-state index is 13.0. The van der Waals surface area contributed by atoms with Gasteiger partial charge >= 0.3 is 6.18 Å². The summed E-state index contributed by atoms with van der Waals surface area (Å²) < 4.78 is 39.1. The lowest BCUT2D eigenvalue weighted by Gasteiger charge is -2.21. The van der Waals surface area contributed by atoms with Gasteiger partial charge in [0.2, 0.25) is 0 Å². The lowest BCUT2D eigenvalue weighted by atomic mass is 10.00. The number of carbonyl (C=O) groups excluding carboxylic acids is 2. The maximum atomic E-state index is 13.0. The van der Waals surface area contributed by atoms with Gasteiger partial charge in [0.1, 0.15) is 0 Å². The van der Waals surface area contributed by atoms with E-state index in [0.717, 1.165) is 11.0 Å². The number of halogens is 3. The minimum atomic E-state index is -4.48. The number of rotatable bonds is 4. The first-order valence-corrected chi connectivity index (χ1v) is 7.65. The smallest absolute Gasteiger partial charge is 0.344 e. The zero-order valence-electron chi connectivity index (χ0n) is 14.5. The van der Waals surface area contributed by atoms with Crippen molar-refractivity contribution in [2.45, 2.75) is 18.6 Å². The minimum Gasteiger partial charge on any atom is -0.344 e. The summed E-state index contributed by atoms with van der Waals surface area (Å²) in [5, 5.41) is 0. The molecule has 0 unspecified atom stereocenters. The second-order valence-electron chi connectivity index (χ2n) is 5.89. The zero-order valence-corrected chi connectivity index (χ0v) is 14.5. The molecule has 0 radical (unpaired) electrons. The largest absolute Gasteiger partial charge is 0.416 e. The Labute approximate surface area is 154 Å². The van der Waals surface area contributed by atoms with Gasteiger partial charge in [-0.05, 0) is 30.2 Å². The van der Waals surface area contributed by atoms with Crippen LogP contribution in [0.3, 0.4) is 0 Å². The second kappa shape index (κ2) is 8.30. The first-order chi connectivity index (χ1) is 11.8. The molecular formula is C18H21F3N4O2. The van der Waals surface area contributed by atoms with E-state index in [-0.39, 0.29) is 42.0 Å². The number of benzene rings is 2. The van der Waals surface area contributed by atoms with Crippen LogP contribution >= 0.6 is 0 Å². The third-order valence-corrected chi connectivity index (χ3v) is 4.10. The molecule has 9 heteroatoms. The maximum Gasteiger partial charge on any atom is 0.416 e. The molecule has 8 N–H and O–H groups in total. The van der Waals surface area contributed by atoms with E-state index in [1.165, 1.54) is 18.2 Å². The summed E-state index contributed by atoms with van der Waals surface area (Å²) in [6, 6.07) is 10.7. The number of nitrogens with zero attached hydrogens (tertiary/aromatic N) is 1. The van der Waals surface area contributed by atoms with Crippen molar-refractivity contribution in [3.8, 4) is 0 Å². The summed E-state index contributed by atoms with van der Waals surface area (Å²) in [7, 11) is 0. The third-order valence-electron chi connectivity index (χ3n) is 4.10. The lowest BCUT2D eigenvalue weighted by molar-refractivity contribution is -0.138. The Bertz CT molecular complexity index is 804. The quantitative estimate of drug-likeness (QED) is 0.698. The molecule has 2 aromatic rings. The molecular weight excluding hydrogens is 361 g/mol. The summed E-state index contributed by atoms with van der Waals surface area (Å²) in [6.45, 7) is -0.140. The van der Waals surface area contributed by atoms with Crippen molar-refractivity contribution < 1.29 is 22.8 Å². The average molecular weight is 382 g/mol. The van der Waals surface area contributed by atoms with Crippen molar-refractivity contribution in [1.29, 1.82) is 0 Å². The summed E-state index contributed by atoms with van der Waals surface area (Å²) in [6.07, 6.45) is -4.57. The van der Waals surface area contributed by atoms with Gasteiger partial charge in [0.25, 0.3) is 11.8 Å². The summed E-state index contributed by atoms with van der Waals surface area (Å²) in [5.41, 5.74) is 5.80. The molecule has 2 aromatic carbocycles. The SMILES string of the molecule is N.N.N[C@@H](Cc1ccccc1C(F)(F)F)CN1C(=O)c2ccccc2C1=O. The first-order valence-electron chi connectivity index (χ1n) is 7.65. The van der Waals surface area contributed by atoms with E-state index in [4.69, 9.17) is 5.73 Å². The molecule has 1 atom stereocenters. The molecule has 1 aliphatic rings. The number of hydrogen-bond donors (Lipinski definition) is 3. The Kier molecular flexibility index (Phi) is 6.85. The lowest BCUT2D eigenvalue weighted by Crippen LogP contribution is -2.42. The molecule has 0 saturated heterocycles. The van der Waals surface area contributed by atoms with Crippen molar-refractivity contribution in [3.05, 3.63) is 70.8 Å². The van der Waals surface area contributed by atoms with Gasteiger partial charge in [-0.2, -0.15) is 13.2 Å². The van der Waals surface area contributed by atoms with Crippen molar-refractivity contribution in [1.82, 2.24) is 17.2 Å². The molecule has 6 nitrogen and oxygen atoms in total. The highest BCUT2D eigenvalue weighted by Gasteiger charge is 2.37. The Morgan fingerprint density at radius 3 is 1.89 bits per heavy atom. The molecule has 146 valence electrons. The Balaban J connectivity index is 0.00000182. The van der Waals surface area contributed by atoms with Crippen LogP contribution in [0.1, 0.15) is 31.8 Å². The van der Waals surface area contributed by atoms with Gasteiger partial charge < -0.3 is 18.0 Å². The fourth-order valence-electron chi connectivity index (χ4n) is 2.96. The van der Waals surface area contributed by atoms with Gasteiger partial charge in [0.15, 0.2) is 0 Å². The molecule has 0 aromatic heterocycles. The number of fused-ring (bicyclic) bond motifs is 1. The van der Waals surface area contributed by atoms with E-state index in [1.54, 1.807) is 24.3 Å². The van der Waals surface area contributed by atoms with Gasteiger partial charge in [-0.1, -0.05) is 30.3 Å². The Morgan fingerprint density at radius 2 is 1.37 bits per heavy atom. The van der Waals surface area contributed by atoms with Gasteiger partial charge in [-0.3, -0.25) is 14.5 Å². The second-order valence-corrected chi connectivity index (χ2v) is 5.89. The van der Waals surface area contributed by atoms with E-state index in [1.807, 2.05) is 0 Å². The first kappa shape index (κ1) is 22.3. The van der Waals surface area contributed by atoms with Crippen LogP contribution in [0, 0.1) is 0 Å². The van der Waals surface area contributed by atoms with Crippen LogP contribution in [0.15, 0.2) is 48.5 Å². The summed E-state index contributed by atoms with van der Waals surface area (Å²) in [5.74, 6) is -0.944. The predicted octanol–water partition coefficient (Wildman–Crippen LogP) is 3.20. The van der Waals surface area contributed by atoms with Crippen molar-refractivity contribution in [2.24, 2.45) is 5.73 Å². The molecule has 27 heavy (non-hydrogen) atoms. The van der Waals surface area contributed by atoms with Crippen LogP contribution in [0.5, 0.6) is 0 Å². The van der Waals surface area contributed by atoms with Gasteiger partial charge in [-0.25, -0.2) is 0 Å². The standard InChI is InChI=1S/C18H15F3N2O2.2H3N/c19-18(20,21)15-8-4-1-5-11(15)9-12(22)10-23-16(24)13-6-2-3-7-14(13)17(23)25;;/h1-8,12H,9-10,22H2;2*1H3/t12-;;/m0../s1. The highest BCUT2D eigenvalue weighted by atomic mass is 19.4. The molecule has 0 bridgehead atoms. The molecule has 2 amide bonds. The van der Waals surface area contributed by atoms with Crippen molar-refractivity contribution >= 4 is 11.8 Å². The van der Waals surface area contributed by atoms with Gasteiger partial charge in [0, 0.05) is 12.6 Å². The number of nitrogens with two attached hydrogens (primary N) is 1. The molecule has 1 aliphatic heterocycles. The monoisotopic (exact) mass is 382 g/mol. The van der Waals surface area contributed by atoms with Crippen LogP contribution in [0.25, 0.3) is 0 Å². The number of alkyl halides is 3. The average Bonchev–Trinajstić information content (AvgIpc) is 2.80. The Morgan fingerprint density at radius 1 is 0.889 bits per heavy atom. The highest BCUT2D eigenvalue weighted by molar-refractivity contribution is 6.21.